The molecular weight excluding hydrogens is 706 g/mol. The summed E-state index contributed by atoms with van der Waals surface area (Å²) in [7, 11) is 0. The summed E-state index contributed by atoms with van der Waals surface area (Å²) in [4.78, 5) is 77.2. The van der Waals surface area contributed by atoms with Crippen LogP contribution in [0.25, 0.3) is 11.3 Å². The first kappa shape index (κ1) is 44.5. The molecule has 0 spiro atoms. The molecule has 0 saturated heterocycles. The molecule has 292 valence electrons. The minimum atomic E-state index is -1.27. The van der Waals surface area contributed by atoms with Gasteiger partial charge in [-0.1, -0.05) is 58.5 Å². The number of nitrogens with one attached hydrogen (secondary N) is 1. The van der Waals surface area contributed by atoms with Crippen LogP contribution in [-0.2, 0) is 35.3 Å². The average Bonchev–Trinajstić information content (AvgIpc) is 3.68. The zero-order valence-corrected chi connectivity index (χ0v) is 29.7. The highest BCUT2D eigenvalue weighted by Crippen LogP contribution is 2.39. The highest BCUT2D eigenvalue weighted by molar-refractivity contribution is 6.12. The van der Waals surface area contributed by atoms with E-state index in [4.69, 9.17) is 21.4 Å². The van der Waals surface area contributed by atoms with Crippen molar-refractivity contribution in [1.29, 1.82) is 0 Å². The summed E-state index contributed by atoms with van der Waals surface area (Å²) < 4.78 is 30.9. The second kappa shape index (κ2) is 20.0. The van der Waals surface area contributed by atoms with Gasteiger partial charge in [0.15, 0.2) is 0 Å². The standard InChI is InChI=1S/C35H42F2N8O6.CH2O.CH4/c1-35(2,3)32(33-41-27(24-17-23(36)9-10-25(24)37)19-42(33)18-22-7-5-4-6-8-22)44(31(50)21-46)15-13-26(38)34(51)45(39)20-28(47)40-14-16-43-29(48)11-12-30(43)49;1-2;/h4-12,17,19,26,32,46H,13-16,18,20-21,38-39H2,1-3H3,(H,40,47);1H2;1H4. The number of halogens is 2. The molecule has 0 fully saturated rings. The molecule has 5 amide bonds. The number of carbonyl (C=O) groups excluding carboxylic acids is 6. The van der Waals surface area contributed by atoms with Crippen LogP contribution in [0.2, 0.25) is 0 Å². The second-order valence-electron chi connectivity index (χ2n) is 13.1. The molecule has 0 bridgehead atoms. The lowest BCUT2D eigenvalue weighted by Gasteiger charge is -2.40. The molecule has 0 saturated carbocycles. The number of nitrogens with two attached hydrogens (primary N) is 2. The fraction of sp³-hybridized carbons (Fsp3) is 0.378. The van der Waals surface area contributed by atoms with Crippen LogP contribution < -0.4 is 16.9 Å². The number of benzene rings is 2. The van der Waals surface area contributed by atoms with E-state index in [9.17, 15) is 37.9 Å². The van der Waals surface area contributed by atoms with Gasteiger partial charge in [0.1, 0.15) is 37.4 Å². The molecule has 15 nitrogen and oxygen atoms in total. The van der Waals surface area contributed by atoms with Crippen LogP contribution in [0.5, 0.6) is 0 Å². The third-order valence-corrected chi connectivity index (χ3v) is 8.19. The van der Waals surface area contributed by atoms with E-state index in [2.05, 4.69) is 5.32 Å². The molecule has 2 unspecified atom stereocenters. The van der Waals surface area contributed by atoms with Crippen molar-refractivity contribution in [3.63, 3.8) is 0 Å². The molecule has 2 atom stereocenters. The Kier molecular flexibility index (Phi) is 16.5. The summed E-state index contributed by atoms with van der Waals surface area (Å²) in [6.07, 6.45) is 3.68. The Bertz CT molecular complexity index is 1790. The van der Waals surface area contributed by atoms with Crippen LogP contribution >= 0.6 is 0 Å². The van der Waals surface area contributed by atoms with Gasteiger partial charge in [-0.2, -0.15) is 0 Å². The van der Waals surface area contributed by atoms with E-state index in [0.29, 0.717) is 10.8 Å². The molecule has 1 aromatic heterocycles. The monoisotopic (exact) mass is 754 g/mol. The van der Waals surface area contributed by atoms with E-state index in [1.54, 1.807) is 10.8 Å². The summed E-state index contributed by atoms with van der Waals surface area (Å²) in [5, 5.41) is 13.1. The molecule has 4 rings (SSSR count). The number of aromatic nitrogens is 2. The first-order valence-electron chi connectivity index (χ1n) is 16.5. The Labute approximate surface area is 312 Å². The third-order valence-electron chi connectivity index (χ3n) is 8.19. The SMILES string of the molecule is C.C=O.CC(C)(C)C(c1nc(-c2cc(F)ccc2F)cn1Cc1ccccc1)N(CCC(N)C(=O)N(N)CC(=O)NCCN1C(=O)C=CC1=O)C(=O)CO. The van der Waals surface area contributed by atoms with Gasteiger partial charge in [0, 0.05) is 50.1 Å². The number of aliphatic hydroxyl groups is 1. The molecule has 0 aliphatic carbocycles. The molecule has 6 N–H and O–H groups in total. The van der Waals surface area contributed by atoms with Gasteiger partial charge in [-0.05, 0) is 35.6 Å². The van der Waals surface area contributed by atoms with Crippen molar-refractivity contribution in [2.24, 2.45) is 17.0 Å². The highest BCUT2D eigenvalue weighted by Gasteiger charge is 2.39. The zero-order valence-electron chi connectivity index (χ0n) is 29.7. The predicted molar refractivity (Wildman–Crippen MR) is 195 cm³/mol. The summed E-state index contributed by atoms with van der Waals surface area (Å²) in [5.41, 5.74) is 6.36. The van der Waals surface area contributed by atoms with Crippen LogP contribution in [-0.4, -0.2) is 105 Å². The first-order chi connectivity index (χ1) is 25.1. The molecule has 2 heterocycles. The lowest BCUT2D eigenvalue weighted by Crippen LogP contribution is -2.53. The molecule has 54 heavy (non-hydrogen) atoms. The maximum absolute atomic E-state index is 15.0. The average molecular weight is 755 g/mol. The van der Waals surface area contributed by atoms with Crippen LogP contribution in [0.15, 0.2) is 66.9 Å². The number of hydrogen-bond acceptors (Lipinski definition) is 10. The van der Waals surface area contributed by atoms with E-state index in [1.807, 2.05) is 57.9 Å². The smallest absolute Gasteiger partial charge is 0.253 e. The zero-order chi connectivity index (χ0) is 39.5. The normalized spacial score (nSPS) is 13.4. The summed E-state index contributed by atoms with van der Waals surface area (Å²) in [5.74, 6) is 1.66. The fourth-order valence-electron chi connectivity index (χ4n) is 5.72. The number of imidazole rings is 1. The van der Waals surface area contributed by atoms with Crippen molar-refractivity contribution >= 4 is 36.3 Å². The predicted octanol–water partition coefficient (Wildman–Crippen LogP) is 1.70. The van der Waals surface area contributed by atoms with Crippen LogP contribution in [0, 0.1) is 17.0 Å². The lowest BCUT2D eigenvalue weighted by atomic mass is 9.84. The summed E-state index contributed by atoms with van der Waals surface area (Å²) in [6.45, 7) is 6.05. The van der Waals surface area contributed by atoms with Crippen molar-refractivity contribution in [1.82, 2.24) is 29.7 Å². The van der Waals surface area contributed by atoms with E-state index < -0.39 is 71.8 Å². The minimum Gasteiger partial charge on any atom is -0.387 e. The Balaban J connectivity index is 0.00000330. The number of hydrazine groups is 1. The van der Waals surface area contributed by atoms with Gasteiger partial charge in [-0.25, -0.2) is 19.6 Å². The third kappa shape index (κ3) is 11.4. The van der Waals surface area contributed by atoms with E-state index in [1.165, 1.54) is 4.90 Å². The summed E-state index contributed by atoms with van der Waals surface area (Å²) in [6, 6.07) is 10.2. The van der Waals surface area contributed by atoms with E-state index >= 15 is 0 Å². The number of amides is 5. The minimum absolute atomic E-state index is 0. The Morgan fingerprint density at radius 1 is 1.04 bits per heavy atom. The topological polar surface area (TPSA) is 214 Å². The quantitative estimate of drug-likeness (QED) is 0.0763. The van der Waals surface area contributed by atoms with Gasteiger partial charge in [0.25, 0.3) is 17.7 Å². The van der Waals surface area contributed by atoms with E-state index in [-0.39, 0.29) is 51.3 Å². The van der Waals surface area contributed by atoms with Gasteiger partial charge < -0.3 is 30.4 Å². The largest absolute Gasteiger partial charge is 0.387 e. The second-order valence-corrected chi connectivity index (χ2v) is 13.1. The molecule has 1 aliphatic rings. The van der Waals surface area contributed by atoms with Crippen LogP contribution in [0.4, 0.5) is 8.78 Å². The molecule has 17 heteroatoms. The van der Waals surface area contributed by atoms with Crippen molar-refractivity contribution in [2.45, 2.75) is 53.2 Å². The van der Waals surface area contributed by atoms with E-state index in [0.717, 1.165) is 40.8 Å². The van der Waals surface area contributed by atoms with Crippen molar-refractivity contribution in [3.8, 4) is 11.3 Å². The highest BCUT2D eigenvalue weighted by atomic mass is 19.1. The molecule has 3 aromatic rings. The summed E-state index contributed by atoms with van der Waals surface area (Å²) >= 11 is 0. The van der Waals surface area contributed by atoms with Gasteiger partial charge >= 0.3 is 0 Å². The number of imide groups is 1. The van der Waals surface area contributed by atoms with Crippen molar-refractivity contribution in [3.05, 3.63) is 89.9 Å². The number of carbonyl (C=O) groups is 6. The fourth-order valence-corrected chi connectivity index (χ4v) is 5.72. The molecule has 1 aliphatic heterocycles. The maximum Gasteiger partial charge on any atom is 0.253 e. The maximum atomic E-state index is 15.0. The van der Waals surface area contributed by atoms with Gasteiger partial charge in [-0.15, -0.1) is 0 Å². The Morgan fingerprint density at radius 2 is 1.67 bits per heavy atom. The molecular formula is C37H48F2N8O7. The van der Waals surface area contributed by atoms with Crippen LogP contribution in [0.3, 0.4) is 0 Å². The van der Waals surface area contributed by atoms with Gasteiger partial charge in [0.2, 0.25) is 11.8 Å². The molecule has 0 radical (unpaired) electrons. The number of nitrogens with zero attached hydrogens (tertiary/aromatic N) is 5. The number of aliphatic hydroxyl groups excluding tert-OH is 1. The van der Waals surface area contributed by atoms with Crippen molar-refractivity contribution < 1.29 is 42.7 Å². The number of rotatable bonds is 15. The molecule has 2 aromatic carbocycles. The Hall–Kier alpha value is -5.65. The first-order valence-corrected chi connectivity index (χ1v) is 16.5. The number of hydrogen-bond donors (Lipinski definition) is 4. The van der Waals surface area contributed by atoms with Gasteiger partial charge in [-0.3, -0.25) is 33.9 Å². The Morgan fingerprint density at radius 3 is 2.26 bits per heavy atom. The van der Waals surface area contributed by atoms with Gasteiger partial charge in [0.05, 0.1) is 17.8 Å². The van der Waals surface area contributed by atoms with Crippen LogP contribution in [0.1, 0.15) is 52.0 Å². The lowest BCUT2D eigenvalue weighted by molar-refractivity contribution is -0.141. The van der Waals surface area contributed by atoms with Crippen molar-refractivity contribution in [2.75, 3.05) is 32.8 Å².